The number of rotatable bonds is 2. The molecule has 2 atom stereocenters. The van der Waals surface area contributed by atoms with Gasteiger partial charge in [-0.25, -0.2) is 4.68 Å². The van der Waals surface area contributed by atoms with E-state index in [1.807, 2.05) is 16.8 Å². The number of aryl methyl sites for hydroxylation is 1. The highest BCUT2D eigenvalue weighted by Crippen LogP contribution is 2.40. The van der Waals surface area contributed by atoms with Crippen molar-refractivity contribution in [3.63, 3.8) is 0 Å². The Balaban J connectivity index is 1.52. The van der Waals surface area contributed by atoms with E-state index in [0.29, 0.717) is 5.95 Å². The molecule has 0 spiro atoms. The fraction of sp³-hybridized carbons (Fsp3) is 0.278. The van der Waals surface area contributed by atoms with Crippen LogP contribution in [0.4, 0.5) is 5.95 Å². The molecule has 1 N–H and O–H groups in total. The van der Waals surface area contributed by atoms with Crippen molar-refractivity contribution in [3.8, 4) is 11.5 Å². The van der Waals surface area contributed by atoms with Gasteiger partial charge in [0.25, 0.3) is 0 Å². The summed E-state index contributed by atoms with van der Waals surface area (Å²) < 4.78 is 12.8. The van der Waals surface area contributed by atoms with Crippen LogP contribution in [-0.2, 0) is 0 Å². The molecule has 0 fully saturated rings. The fourth-order valence-corrected chi connectivity index (χ4v) is 3.45. The molecule has 5 rings (SSSR count). The summed E-state index contributed by atoms with van der Waals surface area (Å²) in [6.07, 6.45) is 0.848. The third-order valence-electron chi connectivity index (χ3n) is 4.81. The fourth-order valence-electron chi connectivity index (χ4n) is 3.45. The molecule has 25 heavy (non-hydrogen) atoms. The first-order valence-electron chi connectivity index (χ1n) is 8.28. The molecule has 3 aromatic rings. The molecule has 0 amide bonds. The van der Waals surface area contributed by atoms with Crippen LogP contribution in [0.3, 0.4) is 0 Å². The number of nitrogens with zero attached hydrogens (tertiary/aromatic N) is 4. The number of tetrazole rings is 1. The molecule has 0 bridgehead atoms. The average Bonchev–Trinajstić information content (AvgIpc) is 3.29. The average molecular weight is 335 g/mol. The van der Waals surface area contributed by atoms with E-state index in [-0.39, 0.29) is 18.9 Å². The third-order valence-corrected chi connectivity index (χ3v) is 4.81. The van der Waals surface area contributed by atoms with Crippen molar-refractivity contribution >= 4 is 5.95 Å². The molecule has 3 heterocycles. The minimum absolute atomic E-state index is 0.0854. The first kappa shape index (κ1) is 14.3. The van der Waals surface area contributed by atoms with E-state index in [2.05, 4.69) is 58.1 Å². The summed E-state index contributed by atoms with van der Waals surface area (Å²) in [4.78, 5) is 0. The highest BCUT2D eigenvalue weighted by molar-refractivity contribution is 5.47. The molecule has 0 saturated heterocycles. The zero-order valence-corrected chi connectivity index (χ0v) is 13.7. The minimum Gasteiger partial charge on any atom is -0.454 e. The van der Waals surface area contributed by atoms with Gasteiger partial charge < -0.3 is 14.8 Å². The van der Waals surface area contributed by atoms with Gasteiger partial charge >= 0.3 is 0 Å². The van der Waals surface area contributed by atoms with Crippen LogP contribution in [-0.4, -0.2) is 27.0 Å². The molecule has 7 nitrogen and oxygen atoms in total. The SMILES string of the molecule is Cc1ccc([C@H]2C[C@@H](c3ccc4c(c3)OCO4)Nc3nnnn32)cc1. The largest absolute Gasteiger partial charge is 0.454 e. The van der Waals surface area contributed by atoms with E-state index < -0.39 is 0 Å². The zero-order valence-electron chi connectivity index (χ0n) is 13.7. The van der Waals surface area contributed by atoms with Gasteiger partial charge in [-0.2, -0.15) is 0 Å². The van der Waals surface area contributed by atoms with Crippen molar-refractivity contribution < 1.29 is 9.47 Å². The van der Waals surface area contributed by atoms with Gasteiger partial charge in [0.15, 0.2) is 11.5 Å². The van der Waals surface area contributed by atoms with Crippen molar-refractivity contribution in [1.82, 2.24) is 20.2 Å². The minimum atomic E-state index is 0.0854. The maximum absolute atomic E-state index is 5.51. The summed E-state index contributed by atoms with van der Waals surface area (Å²) in [6, 6.07) is 14.8. The number of hydrogen-bond acceptors (Lipinski definition) is 6. The van der Waals surface area contributed by atoms with Gasteiger partial charge in [-0.15, -0.1) is 0 Å². The van der Waals surface area contributed by atoms with Gasteiger partial charge in [-0.1, -0.05) is 41.0 Å². The molecule has 0 aliphatic carbocycles. The van der Waals surface area contributed by atoms with E-state index in [1.54, 1.807) is 0 Å². The van der Waals surface area contributed by atoms with E-state index in [4.69, 9.17) is 9.47 Å². The Hall–Kier alpha value is -3.09. The predicted octanol–water partition coefficient (Wildman–Crippen LogP) is 2.86. The van der Waals surface area contributed by atoms with Crippen molar-refractivity contribution in [3.05, 3.63) is 59.2 Å². The van der Waals surface area contributed by atoms with Crippen LogP contribution in [0.1, 0.15) is 35.2 Å². The topological polar surface area (TPSA) is 74.1 Å². The Bertz CT molecular complexity index is 921. The maximum Gasteiger partial charge on any atom is 0.243 e. The summed E-state index contributed by atoms with van der Waals surface area (Å²) in [5.41, 5.74) is 3.57. The summed E-state index contributed by atoms with van der Waals surface area (Å²) in [5, 5.41) is 15.6. The Morgan fingerprint density at radius 3 is 2.72 bits per heavy atom. The van der Waals surface area contributed by atoms with Gasteiger partial charge in [0.05, 0.1) is 12.1 Å². The lowest BCUT2D eigenvalue weighted by atomic mass is 9.93. The quantitative estimate of drug-likeness (QED) is 0.776. The molecule has 126 valence electrons. The molecule has 2 aliphatic rings. The van der Waals surface area contributed by atoms with Crippen LogP contribution >= 0.6 is 0 Å². The van der Waals surface area contributed by atoms with Crippen LogP contribution in [0.25, 0.3) is 0 Å². The normalized spacial score (nSPS) is 20.8. The highest BCUT2D eigenvalue weighted by atomic mass is 16.7. The number of ether oxygens (including phenoxy) is 2. The number of anilines is 1. The molecule has 0 saturated carbocycles. The number of fused-ring (bicyclic) bond motifs is 2. The van der Waals surface area contributed by atoms with Crippen LogP contribution in [0.15, 0.2) is 42.5 Å². The monoisotopic (exact) mass is 335 g/mol. The first-order valence-corrected chi connectivity index (χ1v) is 8.28. The number of nitrogens with one attached hydrogen (secondary N) is 1. The Kier molecular flexibility index (Phi) is 3.12. The number of benzene rings is 2. The van der Waals surface area contributed by atoms with E-state index in [0.717, 1.165) is 23.5 Å². The second kappa shape index (κ2) is 5.47. The van der Waals surface area contributed by atoms with E-state index in [9.17, 15) is 0 Å². The standard InChI is InChI=1S/C18H17N5O2/c1-11-2-4-12(5-3-11)15-9-14(19-18-20-21-22-23(15)18)13-6-7-16-17(8-13)25-10-24-16/h2-8,14-15H,9-10H2,1H3,(H,19,20,22)/t14-,15+/m0/s1. The summed E-state index contributed by atoms with van der Waals surface area (Å²) in [7, 11) is 0. The van der Waals surface area contributed by atoms with Gasteiger partial charge in [-0.05, 0) is 47.0 Å². The summed E-state index contributed by atoms with van der Waals surface area (Å²) in [5.74, 6) is 2.26. The van der Waals surface area contributed by atoms with E-state index >= 15 is 0 Å². The number of hydrogen-bond donors (Lipinski definition) is 1. The molecule has 7 heteroatoms. The van der Waals surface area contributed by atoms with Crippen LogP contribution in [0.5, 0.6) is 11.5 Å². The first-order chi connectivity index (χ1) is 12.3. The molecule has 2 aromatic carbocycles. The van der Waals surface area contributed by atoms with Crippen LogP contribution in [0.2, 0.25) is 0 Å². The van der Waals surface area contributed by atoms with Gasteiger partial charge in [0, 0.05) is 0 Å². The lowest BCUT2D eigenvalue weighted by molar-refractivity contribution is 0.174. The Morgan fingerprint density at radius 2 is 1.84 bits per heavy atom. The van der Waals surface area contributed by atoms with Crippen molar-refractivity contribution in [2.75, 3.05) is 12.1 Å². The Morgan fingerprint density at radius 1 is 1.04 bits per heavy atom. The van der Waals surface area contributed by atoms with Crippen molar-refractivity contribution in [2.24, 2.45) is 0 Å². The molecule has 0 radical (unpaired) electrons. The second-order valence-electron chi connectivity index (χ2n) is 6.42. The van der Waals surface area contributed by atoms with Crippen molar-refractivity contribution in [1.29, 1.82) is 0 Å². The predicted molar refractivity (Wildman–Crippen MR) is 90.7 cm³/mol. The Labute approximate surface area is 144 Å². The van der Waals surface area contributed by atoms with Crippen LogP contribution in [0, 0.1) is 6.92 Å². The smallest absolute Gasteiger partial charge is 0.243 e. The van der Waals surface area contributed by atoms with Gasteiger partial charge in [-0.3, -0.25) is 0 Å². The highest BCUT2D eigenvalue weighted by Gasteiger charge is 2.31. The summed E-state index contributed by atoms with van der Waals surface area (Å²) >= 11 is 0. The lowest BCUT2D eigenvalue weighted by Crippen LogP contribution is -2.28. The molecule has 2 aliphatic heterocycles. The molecular formula is C18H17N5O2. The maximum atomic E-state index is 5.51. The zero-order chi connectivity index (χ0) is 16.8. The molecule has 1 aromatic heterocycles. The van der Waals surface area contributed by atoms with E-state index in [1.165, 1.54) is 11.1 Å². The van der Waals surface area contributed by atoms with Crippen molar-refractivity contribution in [2.45, 2.75) is 25.4 Å². The molecule has 0 unspecified atom stereocenters. The van der Waals surface area contributed by atoms with Gasteiger partial charge in [0.1, 0.15) is 0 Å². The van der Waals surface area contributed by atoms with Gasteiger partial charge in [0.2, 0.25) is 12.7 Å². The lowest BCUT2D eigenvalue weighted by Gasteiger charge is -2.31. The summed E-state index contributed by atoms with van der Waals surface area (Å²) in [6.45, 7) is 2.37. The van der Waals surface area contributed by atoms with Crippen LogP contribution < -0.4 is 14.8 Å². The third kappa shape index (κ3) is 2.39. The number of aromatic nitrogens is 4. The molecular weight excluding hydrogens is 318 g/mol. The second-order valence-corrected chi connectivity index (χ2v) is 6.42.